The van der Waals surface area contributed by atoms with E-state index < -0.39 is 4.92 Å². The highest BCUT2D eigenvalue weighted by molar-refractivity contribution is 7.20. The Morgan fingerprint density at radius 3 is 2.95 bits per heavy atom. The predicted octanol–water partition coefficient (Wildman–Crippen LogP) is 2.58. The van der Waals surface area contributed by atoms with Crippen LogP contribution in [0, 0.1) is 10.1 Å². The van der Waals surface area contributed by atoms with Gasteiger partial charge in [0.2, 0.25) is 0 Å². The second-order valence-corrected chi connectivity index (χ2v) is 5.28. The summed E-state index contributed by atoms with van der Waals surface area (Å²) < 4.78 is 5.76. The number of non-ortho nitro benzene ring substituents is 1. The first-order valence-corrected chi connectivity index (χ1v) is 6.88. The van der Waals surface area contributed by atoms with Crippen molar-refractivity contribution in [2.45, 2.75) is 6.42 Å². The molecule has 0 fully saturated rings. The van der Waals surface area contributed by atoms with Gasteiger partial charge in [-0.2, -0.15) is 0 Å². The summed E-state index contributed by atoms with van der Waals surface area (Å²) in [7, 11) is 1.61. The van der Waals surface area contributed by atoms with Crippen molar-refractivity contribution >= 4 is 33.0 Å². The van der Waals surface area contributed by atoms with E-state index in [4.69, 9.17) is 4.74 Å². The Kier molecular flexibility index (Phi) is 4.65. The van der Waals surface area contributed by atoms with E-state index in [0.29, 0.717) is 23.4 Å². The third-order valence-corrected chi connectivity index (χ3v) is 3.86. The molecule has 0 spiro atoms. The van der Waals surface area contributed by atoms with Gasteiger partial charge in [-0.05, 0) is 18.6 Å². The maximum absolute atomic E-state index is 11.9. The Morgan fingerprint density at radius 2 is 2.25 bits per heavy atom. The van der Waals surface area contributed by atoms with E-state index in [-0.39, 0.29) is 11.6 Å². The van der Waals surface area contributed by atoms with Gasteiger partial charge in [-0.3, -0.25) is 14.9 Å². The Labute approximate surface area is 119 Å². The van der Waals surface area contributed by atoms with Crippen molar-refractivity contribution < 1.29 is 14.5 Å². The quantitative estimate of drug-likeness (QED) is 0.504. The number of ether oxygens (including phenoxy) is 1. The lowest BCUT2D eigenvalue weighted by Gasteiger charge is -2.02. The molecule has 0 aliphatic rings. The molecule has 0 saturated carbocycles. The Morgan fingerprint density at radius 1 is 1.45 bits per heavy atom. The van der Waals surface area contributed by atoms with Crippen LogP contribution < -0.4 is 5.32 Å². The highest BCUT2D eigenvalue weighted by Gasteiger charge is 2.12. The minimum absolute atomic E-state index is 0.0300. The third kappa shape index (κ3) is 3.31. The zero-order chi connectivity index (χ0) is 14.5. The second kappa shape index (κ2) is 6.44. The SMILES string of the molecule is COCCCNC(=O)c1cc2cc([N+](=O)[O-])ccc2s1. The number of thiophene rings is 1. The van der Waals surface area contributed by atoms with Crippen molar-refractivity contribution in [3.05, 3.63) is 39.3 Å². The first-order chi connectivity index (χ1) is 9.61. The number of carbonyl (C=O) groups is 1. The van der Waals surface area contributed by atoms with Crippen molar-refractivity contribution in [2.75, 3.05) is 20.3 Å². The van der Waals surface area contributed by atoms with E-state index in [2.05, 4.69) is 5.32 Å². The number of hydrogen-bond donors (Lipinski definition) is 1. The van der Waals surface area contributed by atoms with Gasteiger partial charge >= 0.3 is 0 Å². The number of nitro groups is 1. The van der Waals surface area contributed by atoms with Gasteiger partial charge in [0.25, 0.3) is 11.6 Å². The summed E-state index contributed by atoms with van der Waals surface area (Å²) >= 11 is 1.32. The fourth-order valence-corrected chi connectivity index (χ4v) is 2.72. The number of methoxy groups -OCH3 is 1. The first-order valence-electron chi connectivity index (χ1n) is 6.07. The lowest BCUT2D eigenvalue weighted by Crippen LogP contribution is -2.24. The smallest absolute Gasteiger partial charge is 0.270 e. The van der Waals surface area contributed by atoms with Crippen LogP contribution in [0.3, 0.4) is 0 Å². The van der Waals surface area contributed by atoms with E-state index in [9.17, 15) is 14.9 Å². The summed E-state index contributed by atoms with van der Waals surface area (Å²) in [4.78, 5) is 22.7. The molecule has 2 rings (SSSR count). The molecule has 1 N–H and O–H groups in total. The monoisotopic (exact) mass is 294 g/mol. The molecule has 0 atom stereocenters. The van der Waals surface area contributed by atoms with Crippen LogP contribution in [-0.4, -0.2) is 31.1 Å². The number of fused-ring (bicyclic) bond motifs is 1. The third-order valence-electron chi connectivity index (χ3n) is 2.75. The largest absolute Gasteiger partial charge is 0.385 e. The van der Waals surface area contributed by atoms with Crippen LogP contribution in [0.15, 0.2) is 24.3 Å². The average Bonchev–Trinajstić information content (AvgIpc) is 2.86. The van der Waals surface area contributed by atoms with Crippen LogP contribution in [0.1, 0.15) is 16.1 Å². The van der Waals surface area contributed by atoms with Gasteiger partial charge in [0.15, 0.2) is 0 Å². The van der Waals surface area contributed by atoms with Gasteiger partial charge in [-0.1, -0.05) is 0 Å². The van der Waals surface area contributed by atoms with Crippen LogP contribution in [0.4, 0.5) is 5.69 Å². The molecule has 1 aromatic heterocycles. The average molecular weight is 294 g/mol. The molecular weight excluding hydrogens is 280 g/mol. The number of benzene rings is 1. The van der Waals surface area contributed by atoms with E-state index >= 15 is 0 Å². The number of amides is 1. The summed E-state index contributed by atoms with van der Waals surface area (Å²) in [5.74, 6) is -0.162. The fourth-order valence-electron chi connectivity index (χ4n) is 1.76. The maximum Gasteiger partial charge on any atom is 0.270 e. The highest BCUT2D eigenvalue weighted by Crippen LogP contribution is 2.28. The van der Waals surface area contributed by atoms with Crippen molar-refractivity contribution in [3.63, 3.8) is 0 Å². The molecule has 0 unspecified atom stereocenters. The summed E-state index contributed by atoms with van der Waals surface area (Å²) in [6.45, 7) is 1.14. The molecule has 106 valence electrons. The number of hydrogen-bond acceptors (Lipinski definition) is 5. The zero-order valence-corrected chi connectivity index (χ0v) is 11.7. The molecule has 20 heavy (non-hydrogen) atoms. The highest BCUT2D eigenvalue weighted by atomic mass is 32.1. The summed E-state index contributed by atoms with van der Waals surface area (Å²) in [6, 6.07) is 6.27. The van der Waals surface area contributed by atoms with Crippen molar-refractivity contribution in [2.24, 2.45) is 0 Å². The topological polar surface area (TPSA) is 81.5 Å². The van der Waals surface area contributed by atoms with Crippen LogP contribution in [0.25, 0.3) is 10.1 Å². The van der Waals surface area contributed by atoms with E-state index in [1.165, 1.54) is 23.5 Å². The lowest BCUT2D eigenvalue weighted by molar-refractivity contribution is -0.384. The molecule has 0 saturated heterocycles. The predicted molar refractivity (Wildman–Crippen MR) is 77.3 cm³/mol. The lowest BCUT2D eigenvalue weighted by atomic mass is 10.2. The number of nitrogens with zero attached hydrogens (tertiary/aromatic N) is 1. The normalized spacial score (nSPS) is 10.7. The Bertz CT molecular complexity index is 638. The van der Waals surface area contributed by atoms with E-state index in [0.717, 1.165) is 11.1 Å². The molecule has 1 aromatic carbocycles. The molecule has 1 amide bonds. The van der Waals surface area contributed by atoms with Crippen molar-refractivity contribution in [1.29, 1.82) is 0 Å². The summed E-state index contributed by atoms with van der Waals surface area (Å²) in [6.07, 6.45) is 0.749. The maximum atomic E-state index is 11.9. The Hall–Kier alpha value is -1.99. The van der Waals surface area contributed by atoms with Gasteiger partial charge in [-0.15, -0.1) is 11.3 Å². The summed E-state index contributed by atoms with van der Waals surface area (Å²) in [5.41, 5.74) is 0.0300. The van der Waals surface area contributed by atoms with Gasteiger partial charge in [0, 0.05) is 42.5 Å². The van der Waals surface area contributed by atoms with Crippen LogP contribution in [0.5, 0.6) is 0 Å². The van der Waals surface area contributed by atoms with E-state index in [1.807, 2.05) is 0 Å². The van der Waals surface area contributed by atoms with Crippen LogP contribution in [-0.2, 0) is 4.74 Å². The molecule has 2 aromatic rings. The molecule has 0 aliphatic carbocycles. The number of rotatable bonds is 6. The number of nitro benzene ring substituents is 1. The summed E-state index contributed by atoms with van der Waals surface area (Å²) in [5, 5.41) is 14.2. The van der Waals surface area contributed by atoms with Gasteiger partial charge in [0.05, 0.1) is 9.80 Å². The molecule has 1 heterocycles. The minimum atomic E-state index is -0.443. The van der Waals surface area contributed by atoms with Crippen LogP contribution in [0.2, 0.25) is 0 Å². The van der Waals surface area contributed by atoms with Gasteiger partial charge < -0.3 is 10.1 Å². The molecule has 7 heteroatoms. The molecule has 0 radical (unpaired) electrons. The Balaban J connectivity index is 2.11. The number of nitrogens with one attached hydrogen (secondary N) is 1. The second-order valence-electron chi connectivity index (χ2n) is 4.19. The first kappa shape index (κ1) is 14.4. The fraction of sp³-hybridized carbons (Fsp3) is 0.308. The molecular formula is C13H14N2O4S. The molecule has 0 aliphatic heterocycles. The molecule has 0 bridgehead atoms. The minimum Gasteiger partial charge on any atom is -0.385 e. The zero-order valence-electron chi connectivity index (χ0n) is 10.9. The van der Waals surface area contributed by atoms with E-state index in [1.54, 1.807) is 19.2 Å². The van der Waals surface area contributed by atoms with Crippen molar-refractivity contribution in [1.82, 2.24) is 5.32 Å². The van der Waals surface area contributed by atoms with Gasteiger partial charge in [0.1, 0.15) is 0 Å². The standard InChI is InChI=1S/C13H14N2O4S/c1-19-6-2-5-14-13(16)12-8-9-7-10(15(17)18)3-4-11(9)20-12/h3-4,7-8H,2,5-6H2,1H3,(H,14,16). The van der Waals surface area contributed by atoms with Crippen LogP contribution >= 0.6 is 11.3 Å². The van der Waals surface area contributed by atoms with Crippen molar-refractivity contribution in [3.8, 4) is 0 Å². The van der Waals surface area contributed by atoms with Gasteiger partial charge in [-0.25, -0.2) is 0 Å². The number of carbonyl (C=O) groups excluding carboxylic acids is 1. The molecule has 6 nitrogen and oxygen atoms in total.